The lowest BCUT2D eigenvalue weighted by atomic mass is 10.2. The number of nitrogens with zero attached hydrogens (tertiary/aromatic N) is 2. The van der Waals surface area contributed by atoms with Gasteiger partial charge in [0.2, 0.25) is 0 Å². The highest BCUT2D eigenvalue weighted by Gasteiger charge is 2.07. The molecule has 0 saturated heterocycles. The number of nitro groups is 1. The highest BCUT2D eigenvalue weighted by Crippen LogP contribution is 2.19. The summed E-state index contributed by atoms with van der Waals surface area (Å²) >= 11 is 3.92. The Morgan fingerprint density at radius 3 is 2.67 bits per heavy atom. The van der Waals surface area contributed by atoms with Crippen LogP contribution < -0.4 is 0 Å². The van der Waals surface area contributed by atoms with E-state index in [4.69, 9.17) is 5.26 Å². The minimum Gasteiger partial charge on any atom is -0.258 e. The number of hydrogen-bond acceptors (Lipinski definition) is 4. The Balaban J connectivity index is 3.21. The van der Waals surface area contributed by atoms with Gasteiger partial charge in [0.25, 0.3) is 5.69 Å². The maximum absolute atomic E-state index is 10.2. The number of non-ortho nitro benzene ring substituents is 1. The molecular weight excluding hydrogens is 176 g/mol. The molecule has 0 aliphatic heterocycles. The Bertz CT molecular complexity index is 370. The lowest BCUT2D eigenvalue weighted by Crippen LogP contribution is -1.88. The maximum atomic E-state index is 10.2. The number of rotatable bonds is 1. The molecule has 1 rings (SSSR count). The van der Waals surface area contributed by atoms with Gasteiger partial charge in [-0.3, -0.25) is 10.1 Å². The molecule has 0 heterocycles. The van der Waals surface area contributed by atoms with E-state index in [2.05, 4.69) is 12.6 Å². The molecule has 0 radical (unpaired) electrons. The fraction of sp³-hybridized carbons (Fsp3) is 0. The predicted octanol–water partition coefficient (Wildman–Crippen LogP) is 1.76. The van der Waals surface area contributed by atoms with Gasteiger partial charge >= 0.3 is 0 Å². The van der Waals surface area contributed by atoms with Gasteiger partial charge in [0, 0.05) is 17.0 Å². The lowest BCUT2D eigenvalue weighted by Gasteiger charge is -1.94. The third-order valence-corrected chi connectivity index (χ3v) is 1.68. The summed E-state index contributed by atoms with van der Waals surface area (Å²) in [6, 6.07) is 5.77. The number of nitriles is 1. The summed E-state index contributed by atoms with van der Waals surface area (Å²) in [4.78, 5) is 10.0. The lowest BCUT2D eigenvalue weighted by molar-refractivity contribution is -0.385. The first-order valence-corrected chi connectivity index (χ1v) is 3.47. The molecule has 0 aromatic heterocycles. The van der Waals surface area contributed by atoms with Crippen molar-refractivity contribution < 1.29 is 4.92 Å². The van der Waals surface area contributed by atoms with Crippen molar-refractivity contribution in [1.29, 1.82) is 5.26 Å². The van der Waals surface area contributed by atoms with Crippen LogP contribution in [0.25, 0.3) is 0 Å². The summed E-state index contributed by atoms with van der Waals surface area (Å²) in [5, 5.41) is 18.7. The van der Waals surface area contributed by atoms with Gasteiger partial charge in [-0.15, -0.1) is 12.6 Å². The summed E-state index contributed by atoms with van der Waals surface area (Å²) < 4.78 is 0. The van der Waals surface area contributed by atoms with Crippen molar-refractivity contribution in [2.45, 2.75) is 4.90 Å². The highest BCUT2D eigenvalue weighted by atomic mass is 32.1. The quantitative estimate of drug-likeness (QED) is 0.406. The molecule has 1 aromatic rings. The smallest absolute Gasteiger partial charge is 0.258 e. The van der Waals surface area contributed by atoms with Crippen LogP contribution >= 0.6 is 12.6 Å². The molecule has 0 aliphatic rings. The van der Waals surface area contributed by atoms with Gasteiger partial charge in [-0.2, -0.15) is 5.26 Å². The van der Waals surface area contributed by atoms with Crippen LogP contribution in [0.15, 0.2) is 23.1 Å². The zero-order valence-corrected chi connectivity index (χ0v) is 6.78. The van der Waals surface area contributed by atoms with Crippen LogP contribution in [0.4, 0.5) is 5.69 Å². The van der Waals surface area contributed by atoms with E-state index in [1.807, 2.05) is 6.07 Å². The summed E-state index contributed by atoms with van der Waals surface area (Å²) in [6.07, 6.45) is 0. The summed E-state index contributed by atoms with van der Waals surface area (Å²) in [5.41, 5.74) is 0.280. The molecule has 0 amide bonds. The third kappa shape index (κ3) is 1.54. The molecular formula is C7H4N2O2S. The molecule has 60 valence electrons. The second-order valence-corrected chi connectivity index (χ2v) is 2.55. The van der Waals surface area contributed by atoms with E-state index in [1.54, 1.807) is 0 Å². The second-order valence-electron chi connectivity index (χ2n) is 2.07. The van der Waals surface area contributed by atoms with Crippen molar-refractivity contribution in [3.05, 3.63) is 33.9 Å². The first-order valence-electron chi connectivity index (χ1n) is 3.02. The largest absolute Gasteiger partial charge is 0.270 e. The van der Waals surface area contributed by atoms with E-state index in [0.29, 0.717) is 10.5 Å². The first kappa shape index (κ1) is 8.56. The van der Waals surface area contributed by atoms with E-state index in [9.17, 15) is 10.1 Å². The molecule has 0 spiro atoms. The normalized spacial score (nSPS) is 9.00. The van der Waals surface area contributed by atoms with E-state index >= 15 is 0 Å². The summed E-state index contributed by atoms with van der Waals surface area (Å²) in [5.74, 6) is 0. The van der Waals surface area contributed by atoms with Crippen LogP contribution in [0.3, 0.4) is 0 Å². The van der Waals surface area contributed by atoms with Gasteiger partial charge in [-0.25, -0.2) is 0 Å². The van der Waals surface area contributed by atoms with Crippen molar-refractivity contribution in [2.24, 2.45) is 0 Å². The number of hydrogen-bond donors (Lipinski definition) is 1. The zero-order chi connectivity index (χ0) is 9.14. The first-order chi connectivity index (χ1) is 5.65. The molecule has 12 heavy (non-hydrogen) atoms. The van der Waals surface area contributed by atoms with Crippen LogP contribution in [-0.2, 0) is 0 Å². The van der Waals surface area contributed by atoms with Crippen LogP contribution in [0, 0.1) is 21.4 Å². The van der Waals surface area contributed by atoms with Crippen molar-refractivity contribution >= 4 is 18.3 Å². The predicted molar refractivity (Wildman–Crippen MR) is 45.1 cm³/mol. The molecule has 0 aliphatic carbocycles. The Morgan fingerprint density at radius 1 is 1.58 bits per heavy atom. The molecule has 4 nitrogen and oxygen atoms in total. The third-order valence-electron chi connectivity index (χ3n) is 1.31. The van der Waals surface area contributed by atoms with Crippen molar-refractivity contribution in [3.8, 4) is 6.07 Å². The van der Waals surface area contributed by atoms with Crippen LogP contribution in [0.2, 0.25) is 0 Å². The van der Waals surface area contributed by atoms with Crippen molar-refractivity contribution in [3.63, 3.8) is 0 Å². The standard InChI is InChI=1S/C7H4N2O2S/c8-4-5-1-2-6(9(10)11)3-7(5)12/h1-3,12H. The Hall–Kier alpha value is -1.54. The SMILES string of the molecule is N#Cc1ccc([N+](=O)[O-])cc1S. The summed E-state index contributed by atoms with van der Waals surface area (Å²) in [7, 11) is 0. The van der Waals surface area contributed by atoms with Gasteiger partial charge in [0.05, 0.1) is 10.5 Å². The zero-order valence-electron chi connectivity index (χ0n) is 5.89. The van der Waals surface area contributed by atoms with Gasteiger partial charge < -0.3 is 0 Å². The van der Waals surface area contributed by atoms with E-state index in [-0.39, 0.29) is 5.69 Å². The topological polar surface area (TPSA) is 66.9 Å². The van der Waals surface area contributed by atoms with Crippen molar-refractivity contribution in [2.75, 3.05) is 0 Å². The Morgan fingerprint density at radius 2 is 2.25 bits per heavy atom. The minimum absolute atomic E-state index is 0.0565. The van der Waals surface area contributed by atoms with E-state index in [0.717, 1.165) is 0 Å². The molecule has 0 bridgehead atoms. The summed E-state index contributed by atoms with van der Waals surface area (Å²) in [6.45, 7) is 0. The number of benzene rings is 1. The average Bonchev–Trinajstić information content (AvgIpc) is 2.04. The molecule has 0 atom stereocenters. The van der Waals surface area contributed by atoms with Crippen LogP contribution in [0.1, 0.15) is 5.56 Å². The Labute approximate surface area is 74.0 Å². The molecule has 1 aromatic carbocycles. The minimum atomic E-state index is -0.527. The molecule has 0 N–H and O–H groups in total. The molecule has 0 fully saturated rings. The highest BCUT2D eigenvalue weighted by molar-refractivity contribution is 7.80. The average molecular weight is 180 g/mol. The fourth-order valence-electron chi connectivity index (χ4n) is 0.728. The fourth-order valence-corrected chi connectivity index (χ4v) is 0.985. The van der Waals surface area contributed by atoms with E-state index < -0.39 is 4.92 Å². The monoisotopic (exact) mass is 180 g/mol. The van der Waals surface area contributed by atoms with Gasteiger partial charge in [-0.05, 0) is 6.07 Å². The molecule has 0 saturated carbocycles. The van der Waals surface area contributed by atoms with Gasteiger partial charge in [-0.1, -0.05) is 0 Å². The number of nitro benzene ring substituents is 1. The molecule has 0 unspecified atom stereocenters. The second kappa shape index (κ2) is 3.24. The number of thiol groups is 1. The molecule has 5 heteroatoms. The van der Waals surface area contributed by atoms with Crippen LogP contribution in [0.5, 0.6) is 0 Å². The van der Waals surface area contributed by atoms with Gasteiger partial charge in [0.1, 0.15) is 6.07 Å². The Kier molecular flexibility index (Phi) is 2.31. The van der Waals surface area contributed by atoms with E-state index in [1.165, 1.54) is 18.2 Å². The maximum Gasteiger partial charge on any atom is 0.270 e. The van der Waals surface area contributed by atoms with Gasteiger partial charge in [0.15, 0.2) is 0 Å². The van der Waals surface area contributed by atoms with Crippen molar-refractivity contribution in [1.82, 2.24) is 0 Å². The van der Waals surface area contributed by atoms with Crippen LogP contribution in [-0.4, -0.2) is 4.92 Å².